The maximum atomic E-state index is 3.57. The summed E-state index contributed by atoms with van der Waals surface area (Å²) in [5.41, 5.74) is 0. The highest BCUT2D eigenvalue weighted by Gasteiger charge is 2.27. The van der Waals surface area contributed by atoms with E-state index >= 15 is 0 Å². The fourth-order valence-electron chi connectivity index (χ4n) is 2.72. The van der Waals surface area contributed by atoms with Crippen LogP contribution in [0.25, 0.3) is 0 Å². The molecule has 0 saturated carbocycles. The van der Waals surface area contributed by atoms with E-state index in [1.807, 2.05) is 0 Å². The van der Waals surface area contributed by atoms with E-state index in [4.69, 9.17) is 0 Å². The van der Waals surface area contributed by atoms with Crippen molar-refractivity contribution >= 4 is 0 Å². The van der Waals surface area contributed by atoms with Crippen LogP contribution in [-0.2, 0) is 0 Å². The van der Waals surface area contributed by atoms with Crippen molar-refractivity contribution in [3.8, 4) is 0 Å². The van der Waals surface area contributed by atoms with Gasteiger partial charge in [0.05, 0.1) is 0 Å². The molecular weight excluding hydrogens is 184 g/mol. The van der Waals surface area contributed by atoms with Gasteiger partial charge in [0, 0.05) is 18.6 Å². The molecule has 0 amide bonds. The minimum Gasteiger partial charge on any atom is -0.315 e. The molecule has 2 heteroatoms. The third-order valence-electron chi connectivity index (χ3n) is 3.64. The van der Waals surface area contributed by atoms with E-state index < -0.39 is 0 Å². The van der Waals surface area contributed by atoms with Gasteiger partial charge in [0.25, 0.3) is 0 Å². The van der Waals surface area contributed by atoms with E-state index in [9.17, 15) is 0 Å². The van der Waals surface area contributed by atoms with Gasteiger partial charge in [-0.2, -0.15) is 0 Å². The molecule has 0 radical (unpaired) electrons. The summed E-state index contributed by atoms with van der Waals surface area (Å²) in [5, 5.41) is 3.57. The van der Waals surface area contributed by atoms with Crippen molar-refractivity contribution < 1.29 is 0 Å². The third kappa shape index (κ3) is 3.76. The highest BCUT2D eigenvalue weighted by Crippen LogP contribution is 2.23. The van der Waals surface area contributed by atoms with Crippen LogP contribution in [0.3, 0.4) is 0 Å². The zero-order valence-corrected chi connectivity index (χ0v) is 10.8. The number of nitrogens with one attached hydrogen (secondary N) is 1. The lowest BCUT2D eigenvalue weighted by Gasteiger charge is -2.32. The molecule has 0 aromatic heterocycles. The van der Waals surface area contributed by atoms with Gasteiger partial charge in [0.15, 0.2) is 0 Å². The Hall–Kier alpha value is -0.0800. The molecule has 0 bridgehead atoms. The monoisotopic (exact) mass is 212 g/mol. The van der Waals surface area contributed by atoms with Crippen molar-refractivity contribution in [2.45, 2.75) is 65.0 Å². The average Bonchev–Trinajstić information content (AvgIpc) is 2.72. The standard InChI is InChI=1S/C13H28N2/c1-4-9-14-11-13(6-3)15-10-7-8-12(15)5-2/h12-14H,4-11H2,1-3H3. The molecule has 0 aromatic rings. The number of rotatable bonds is 7. The topological polar surface area (TPSA) is 15.3 Å². The van der Waals surface area contributed by atoms with Gasteiger partial charge in [0.2, 0.25) is 0 Å². The quantitative estimate of drug-likeness (QED) is 0.653. The second-order valence-corrected chi connectivity index (χ2v) is 4.71. The van der Waals surface area contributed by atoms with Gasteiger partial charge in [-0.25, -0.2) is 0 Å². The molecule has 1 N–H and O–H groups in total. The summed E-state index contributed by atoms with van der Waals surface area (Å²) in [5.74, 6) is 0. The fraction of sp³-hybridized carbons (Fsp3) is 1.00. The minimum absolute atomic E-state index is 0.768. The Bertz CT molecular complexity index is 159. The Kier molecular flexibility index (Phi) is 6.26. The van der Waals surface area contributed by atoms with Crippen LogP contribution in [0.15, 0.2) is 0 Å². The summed E-state index contributed by atoms with van der Waals surface area (Å²) in [4.78, 5) is 2.74. The molecule has 15 heavy (non-hydrogen) atoms. The molecular formula is C13H28N2. The summed E-state index contributed by atoms with van der Waals surface area (Å²) in [6, 6.07) is 1.63. The zero-order valence-electron chi connectivity index (χ0n) is 10.8. The molecule has 0 spiro atoms. The number of hydrogen-bond acceptors (Lipinski definition) is 2. The molecule has 2 nitrogen and oxygen atoms in total. The predicted octanol–water partition coefficient (Wildman–Crippen LogP) is 2.64. The summed E-state index contributed by atoms with van der Waals surface area (Å²) in [6.45, 7) is 10.6. The molecule has 1 aliphatic heterocycles. The van der Waals surface area contributed by atoms with Crippen molar-refractivity contribution in [3.63, 3.8) is 0 Å². The van der Waals surface area contributed by atoms with E-state index in [1.54, 1.807) is 0 Å². The van der Waals surface area contributed by atoms with Crippen molar-refractivity contribution in [3.05, 3.63) is 0 Å². The Morgan fingerprint density at radius 2 is 2.13 bits per heavy atom. The van der Waals surface area contributed by atoms with E-state index in [2.05, 4.69) is 31.0 Å². The molecule has 1 aliphatic rings. The van der Waals surface area contributed by atoms with Gasteiger partial charge in [0.1, 0.15) is 0 Å². The summed E-state index contributed by atoms with van der Waals surface area (Å²) < 4.78 is 0. The largest absolute Gasteiger partial charge is 0.315 e. The van der Waals surface area contributed by atoms with E-state index in [0.717, 1.165) is 12.1 Å². The first kappa shape index (κ1) is 13.0. The van der Waals surface area contributed by atoms with Gasteiger partial charge in [-0.15, -0.1) is 0 Å². The zero-order chi connectivity index (χ0) is 11.1. The lowest BCUT2D eigenvalue weighted by molar-refractivity contribution is 0.167. The van der Waals surface area contributed by atoms with Gasteiger partial charge >= 0.3 is 0 Å². The average molecular weight is 212 g/mol. The number of hydrogen-bond donors (Lipinski definition) is 1. The molecule has 2 atom stereocenters. The van der Waals surface area contributed by atoms with Crippen LogP contribution in [0.1, 0.15) is 52.9 Å². The van der Waals surface area contributed by atoms with Gasteiger partial charge in [-0.1, -0.05) is 20.8 Å². The maximum absolute atomic E-state index is 3.57. The van der Waals surface area contributed by atoms with Crippen molar-refractivity contribution in [2.75, 3.05) is 19.6 Å². The molecule has 2 unspecified atom stereocenters. The van der Waals surface area contributed by atoms with E-state index in [0.29, 0.717) is 0 Å². The van der Waals surface area contributed by atoms with Crippen molar-refractivity contribution in [1.29, 1.82) is 0 Å². The van der Waals surface area contributed by atoms with Crippen LogP contribution in [0.5, 0.6) is 0 Å². The van der Waals surface area contributed by atoms with Crippen LogP contribution in [0, 0.1) is 0 Å². The fourth-order valence-corrected chi connectivity index (χ4v) is 2.72. The minimum atomic E-state index is 0.768. The van der Waals surface area contributed by atoms with Crippen LogP contribution >= 0.6 is 0 Å². The first-order valence-corrected chi connectivity index (χ1v) is 6.79. The molecule has 1 rings (SSSR count). The van der Waals surface area contributed by atoms with Gasteiger partial charge < -0.3 is 5.32 Å². The van der Waals surface area contributed by atoms with Crippen LogP contribution in [-0.4, -0.2) is 36.6 Å². The van der Waals surface area contributed by atoms with Gasteiger partial charge in [-0.05, 0) is 45.2 Å². The van der Waals surface area contributed by atoms with E-state index in [-0.39, 0.29) is 0 Å². The normalized spacial score (nSPS) is 24.6. The third-order valence-corrected chi connectivity index (χ3v) is 3.64. The lowest BCUT2D eigenvalue weighted by atomic mass is 10.1. The van der Waals surface area contributed by atoms with Crippen LogP contribution in [0.4, 0.5) is 0 Å². The first-order valence-electron chi connectivity index (χ1n) is 6.79. The highest BCUT2D eigenvalue weighted by atomic mass is 15.2. The summed E-state index contributed by atoms with van der Waals surface area (Å²) in [7, 11) is 0. The Morgan fingerprint density at radius 1 is 1.33 bits per heavy atom. The second-order valence-electron chi connectivity index (χ2n) is 4.71. The second kappa shape index (κ2) is 7.24. The highest BCUT2D eigenvalue weighted by molar-refractivity contribution is 4.84. The number of likely N-dealkylation sites (tertiary alicyclic amines) is 1. The molecule has 1 saturated heterocycles. The maximum Gasteiger partial charge on any atom is 0.0220 e. The summed E-state index contributed by atoms with van der Waals surface area (Å²) in [6.07, 6.45) is 6.68. The molecule has 0 aromatic carbocycles. The SMILES string of the molecule is CCCNCC(CC)N1CCCC1CC. The van der Waals surface area contributed by atoms with Crippen molar-refractivity contribution in [2.24, 2.45) is 0 Å². The predicted molar refractivity (Wildman–Crippen MR) is 67.3 cm³/mol. The smallest absolute Gasteiger partial charge is 0.0220 e. The summed E-state index contributed by atoms with van der Waals surface area (Å²) >= 11 is 0. The molecule has 1 heterocycles. The number of nitrogens with zero attached hydrogens (tertiary/aromatic N) is 1. The molecule has 1 fully saturated rings. The Morgan fingerprint density at radius 3 is 2.73 bits per heavy atom. The van der Waals surface area contributed by atoms with E-state index in [1.165, 1.54) is 51.7 Å². The van der Waals surface area contributed by atoms with Crippen LogP contribution in [0.2, 0.25) is 0 Å². The van der Waals surface area contributed by atoms with Crippen LogP contribution < -0.4 is 5.32 Å². The Labute approximate surface area is 95.4 Å². The van der Waals surface area contributed by atoms with Gasteiger partial charge in [-0.3, -0.25) is 4.90 Å². The first-order chi connectivity index (χ1) is 7.33. The molecule has 0 aliphatic carbocycles. The van der Waals surface area contributed by atoms with Crippen molar-refractivity contribution in [1.82, 2.24) is 10.2 Å². The molecule has 90 valence electrons. The Balaban J connectivity index is 2.35. The lowest BCUT2D eigenvalue weighted by Crippen LogP contribution is -2.44.